The minimum atomic E-state index is -0.111. The predicted octanol–water partition coefficient (Wildman–Crippen LogP) is 7.34. The highest BCUT2D eigenvalue weighted by molar-refractivity contribution is 5.50. The molecule has 1 aliphatic carbocycles. The SMILES string of the molecule is C/C=C/c1ccc(CC/C=C/C2CCC(CCCC)CC2)cc1F. The molecule has 0 heterocycles. The molecule has 0 nitrogen and oxygen atoms in total. The first-order valence-corrected chi connectivity index (χ1v) is 9.80. The third-order valence-electron chi connectivity index (χ3n) is 5.28. The van der Waals surface area contributed by atoms with Crippen LogP contribution >= 0.6 is 0 Å². The second-order valence-electron chi connectivity index (χ2n) is 7.25. The Bertz CT molecular complexity index is 533. The Morgan fingerprint density at radius 1 is 1.17 bits per heavy atom. The van der Waals surface area contributed by atoms with Crippen LogP contribution in [0.5, 0.6) is 0 Å². The summed E-state index contributed by atoms with van der Waals surface area (Å²) in [7, 11) is 0. The highest BCUT2D eigenvalue weighted by Crippen LogP contribution is 2.32. The van der Waals surface area contributed by atoms with E-state index in [1.165, 1.54) is 44.9 Å². The van der Waals surface area contributed by atoms with Gasteiger partial charge in [0.05, 0.1) is 0 Å². The van der Waals surface area contributed by atoms with Crippen LogP contribution in [0.25, 0.3) is 6.08 Å². The molecule has 0 radical (unpaired) electrons. The van der Waals surface area contributed by atoms with Crippen molar-refractivity contribution in [2.24, 2.45) is 11.8 Å². The summed E-state index contributed by atoms with van der Waals surface area (Å²) in [4.78, 5) is 0. The third-order valence-corrected chi connectivity index (χ3v) is 5.28. The van der Waals surface area contributed by atoms with Gasteiger partial charge in [-0.1, -0.05) is 62.6 Å². The second-order valence-corrected chi connectivity index (χ2v) is 7.25. The number of hydrogen-bond acceptors (Lipinski definition) is 0. The van der Waals surface area contributed by atoms with Gasteiger partial charge in [0.25, 0.3) is 0 Å². The number of aryl methyl sites for hydroxylation is 1. The molecule has 2 rings (SSSR count). The van der Waals surface area contributed by atoms with Gasteiger partial charge in [-0.15, -0.1) is 0 Å². The Morgan fingerprint density at radius 3 is 2.62 bits per heavy atom. The lowest BCUT2D eigenvalue weighted by Crippen LogP contribution is -2.12. The molecule has 0 spiro atoms. The largest absolute Gasteiger partial charge is 0.206 e. The molecule has 132 valence electrons. The summed E-state index contributed by atoms with van der Waals surface area (Å²) in [5, 5.41) is 0. The highest BCUT2D eigenvalue weighted by Gasteiger charge is 2.18. The number of allylic oxidation sites excluding steroid dienone is 3. The molecule has 0 aliphatic heterocycles. The standard InChI is InChI=1S/C23H33F/c1-3-5-9-19-12-14-20(15-13-19)10-6-7-11-21-16-17-22(8-4-2)23(24)18-21/h4,6,8,10,16-20H,3,5,7,9,11-15H2,1-2H3/b8-4+,10-6+. The Labute approximate surface area is 147 Å². The van der Waals surface area contributed by atoms with E-state index in [0.717, 1.165) is 30.2 Å². The van der Waals surface area contributed by atoms with Crippen molar-refractivity contribution in [2.75, 3.05) is 0 Å². The molecule has 0 N–H and O–H groups in total. The Morgan fingerprint density at radius 2 is 1.96 bits per heavy atom. The van der Waals surface area contributed by atoms with E-state index >= 15 is 0 Å². The van der Waals surface area contributed by atoms with Crippen molar-refractivity contribution < 1.29 is 4.39 Å². The maximum atomic E-state index is 13.9. The van der Waals surface area contributed by atoms with E-state index in [4.69, 9.17) is 0 Å². The molecule has 1 aliphatic rings. The fraction of sp³-hybridized carbons (Fsp3) is 0.565. The summed E-state index contributed by atoms with van der Waals surface area (Å²) in [6.45, 7) is 4.20. The average Bonchev–Trinajstić information content (AvgIpc) is 2.60. The number of benzene rings is 1. The van der Waals surface area contributed by atoms with Crippen molar-refractivity contribution in [1.82, 2.24) is 0 Å². The number of halogens is 1. The lowest BCUT2D eigenvalue weighted by molar-refractivity contribution is 0.290. The lowest BCUT2D eigenvalue weighted by atomic mass is 9.79. The van der Waals surface area contributed by atoms with E-state index < -0.39 is 0 Å². The molecule has 0 unspecified atom stereocenters. The molecule has 1 saturated carbocycles. The summed E-state index contributed by atoms with van der Waals surface area (Å²) < 4.78 is 13.9. The van der Waals surface area contributed by atoms with Gasteiger partial charge in [-0.05, 0) is 68.9 Å². The van der Waals surface area contributed by atoms with Gasteiger partial charge in [0.1, 0.15) is 5.82 Å². The molecule has 0 saturated heterocycles. The van der Waals surface area contributed by atoms with Crippen LogP contribution in [0.1, 0.15) is 76.3 Å². The molecule has 0 bridgehead atoms. The van der Waals surface area contributed by atoms with E-state index in [0.29, 0.717) is 5.56 Å². The molecule has 0 amide bonds. The second kappa shape index (κ2) is 10.5. The lowest BCUT2D eigenvalue weighted by Gasteiger charge is -2.26. The van der Waals surface area contributed by atoms with Crippen LogP contribution in [0.3, 0.4) is 0 Å². The van der Waals surface area contributed by atoms with Crippen LogP contribution in [0.2, 0.25) is 0 Å². The Kier molecular flexibility index (Phi) is 8.28. The van der Waals surface area contributed by atoms with Crippen LogP contribution in [-0.4, -0.2) is 0 Å². The van der Waals surface area contributed by atoms with Gasteiger partial charge in [0, 0.05) is 5.56 Å². The van der Waals surface area contributed by atoms with Gasteiger partial charge in [-0.2, -0.15) is 0 Å². The van der Waals surface area contributed by atoms with Crippen molar-refractivity contribution in [2.45, 2.75) is 71.6 Å². The summed E-state index contributed by atoms with van der Waals surface area (Å²) in [6.07, 6.45) is 20.1. The van der Waals surface area contributed by atoms with Gasteiger partial charge in [-0.3, -0.25) is 0 Å². The van der Waals surface area contributed by atoms with E-state index in [1.807, 2.05) is 31.2 Å². The minimum absolute atomic E-state index is 0.111. The molecule has 24 heavy (non-hydrogen) atoms. The van der Waals surface area contributed by atoms with Crippen LogP contribution in [0, 0.1) is 17.7 Å². The van der Waals surface area contributed by atoms with E-state index in [2.05, 4.69) is 19.1 Å². The first-order chi connectivity index (χ1) is 11.7. The van der Waals surface area contributed by atoms with Crippen molar-refractivity contribution in [3.63, 3.8) is 0 Å². The zero-order valence-corrected chi connectivity index (χ0v) is 15.4. The van der Waals surface area contributed by atoms with E-state index in [9.17, 15) is 4.39 Å². The van der Waals surface area contributed by atoms with Gasteiger partial charge in [0.2, 0.25) is 0 Å². The fourth-order valence-corrected chi connectivity index (χ4v) is 3.74. The molecule has 1 aromatic rings. The van der Waals surface area contributed by atoms with E-state index in [1.54, 1.807) is 6.07 Å². The molecule has 1 heteroatoms. The monoisotopic (exact) mass is 328 g/mol. The smallest absolute Gasteiger partial charge is 0.130 e. The minimum Gasteiger partial charge on any atom is -0.206 e. The van der Waals surface area contributed by atoms with Crippen LogP contribution < -0.4 is 0 Å². The zero-order valence-electron chi connectivity index (χ0n) is 15.4. The summed E-state index contributed by atoms with van der Waals surface area (Å²) >= 11 is 0. The van der Waals surface area contributed by atoms with Crippen LogP contribution in [0.15, 0.2) is 36.4 Å². The topological polar surface area (TPSA) is 0 Å². The highest BCUT2D eigenvalue weighted by atomic mass is 19.1. The zero-order chi connectivity index (χ0) is 17.2. The van der Waals surface area contributed by atoms with Crippen LogP contribution in [-0.2, 0) is 6.42 Å². The van der Waals surface area contributed by atoms with Crippen molar-refractivity contribution in [3.8, 4) is 0 Å². The van der Waals surface area contributed by atoms with Crippen molar-refractivity contribution >= 4 is 6.08 Å². The van der Waals surface area contributed by atoms with Crippen molar-refractivity contribution in [1.29, 1.82) is 0 Å². The quantitative estimate of drug-likeness (QED) is 0.438. The molecular weight excluding hydrogens is 295 g/mol. The summed E-state index contributed by atoms with van der Waals surface area (Å²) in [6, 6.07) is 5.61. The number of unbranched alkanes of at least 4 members (excludes halogenated alkanes) is 1. The third kappa shape index (κ3) is 6.26. The van der Waals surface area contributed by atoms with Crippen molar-refractivity contribution in [3.05, 3.63) is 53.4 Å². The number of hydrogen-bond donors (Lipinski definition) is 0. The van der Waals surface area contributed by atoms with Gasteiger partial charge in [-0.25, -0.2) is 4.39 Å². The molecule has 0 aromatic heterocycles. The first kappa shape index (κ1) is 19.0. The maximum Gasteiger partial charge on any atom is 0.130 e. The summed E-state index contributed by atoms with van der Waals surface area (Å²) in [5.74, 6) is 1.64. The summed E-state index contributed by atoms with van der Waals surface area (Å²) in [5.41, 5.74) is 1.77. The van der Waals surface area contributed by atoms with Gasteiger partial charge >= 0.3 is 0 Å². The maximum absolute atomic E-state index is 13.9. The average molecular weight is 329 g/mol. The molecule has 1 fully saturated rings. The Balaban J connectivity index is 1.71. The fourth-order valence-electron chi connectivity index (χ4n) is 3.74. The molecule has 1 aromatic carbocycles. The number of rotatable bonds is 8. The first-order valence-electron chi connectivity index (χ1n) is 9.80. The van der Waals surface area contributed by atoms with Gasteiger partial charge in [0.15, 0.2) is 0 Å². The molecule has 0 atom stereocenters. The predicted molar refractivity (Wildman–Crippen MR) is 104 cm³/mol. The Hall–Kier alpha value is -1.37. The molecular formula is C23H33F. The van der Waals surface area contributed by atoms with Crippen LogP contribution in [0.4, 0.5) is 4.39 Å². The van der Waals surface area contributed by atoms with E-state index in [-0.39, 0.29) is 5.82 Å². The van der Waals surface area contributed by atoms with Gasteiger partial charge < -0.3 is 0 Å². The normalized spacial score (nSPS) is 21.8.